The van der Waals surface area contributed by atoms with Gasteiger partial charge >= 0.3 is 0 Å². The van der Waals surface area contributed by atoms with Gasteiger partial charge in [0.05, 0.1) is 24.4 Å². The fourth-order valence-electron chi connectivity index (χ4n) is 2.47. The molecule has 0 aliphatic carbocycles. The van der Waals surface area contributed by atoms with Gasteiger partial charge in [-0.25, -0.2) is 0 Å². The Hall–Kier alpha value is -0.200. The molecule has 0 spiro atoms. The van der Waals surface area contributed by atoms with Crippen LogP contribution in [0.25, 0.3) is 0 Å². The van der Waals surface area contributed by atoms with E-state index in [1.54, 1.807) is 0 Å². The molecule has 2 fully saturated rings. The van der Waals surface area contributed by atoms with Gasteiger partial charge in [0, 0.05) is 6.04 Å². The van der Waals surface area contributed by atoms with E-state index >= 15 is 0 Å². The molecule has 0 aromatic rings. The van der Waals surface area contributed by atoms with Crippen molar-refractivity contribution in [3.63, 3.8) is 0 Å². The Labute approximate surface area is 76.0 Å². The molecule has 0 radical (unpaired) electrons. The Morgan fingerprint density at radius 1 is 1.31 bits per heavy atom. The van der Waals surface area contributed by atoms with Crippen LogP contribution in [0.2, 0.25) is 0 Å². The van der Waals surface area contributed by atoms with E-state index in [0.29, 0.717) is 6.42 Å². The number of piperidine rings is 1. The third-order valence-electron chi connectivity index (χ3n) is 3.18. The first kappa shape index (κ1) is 9.36. The van der Waals surface area contributed by atoms with Crippen LogP contribution in [0.15, 0.2) is 0 Å². The van der Waals surface area contributed by atoms with Gasteiger partial charge in [-0.1, -0.05) is 0 Å². The topological polar surface area (TPSA) is 93.0 Å². The van der Waals surface area contributed by atoms with Crippen molar-refractivity contribution in [3.8, 4) is 0 Å². The normalized spacial score (nSPS) is 55.4. The lowest BCUT2D eigenvalue weighted by Gasteiger charge is -2.36. The van der Waals surface area contributed by atoms with Gasteiger partial charge in [0.2, 0.25) is 0 Å². The molecule has 0 saturated carbocycles. The summed E-state index contributed by atoms with van der Waals surface area (Å²) in [6.07, 6.45) is -1.70. The molecule has 2 heterocycles. The molecular weight excluding hydrogens is 174 g/mol. The second-order valence-electron chi connectivity index (χ2n) is 4.09. The van der Waals surface area contributed by atoms with Gasteiger partial charge in [-0.3, -0.25) is 0 Å². The van der Waals surface area contributed by atoms with E-state index in [0.717, 1.165) is 0 Å². The molecule has 76 valence electrons. The quantitative estimate of drug-likeness (QED) is 0.316. The standard InChI is InChI=1S/C8H15NO4/c10-3-8-2-4(11)1-5(9-8)6(12)7(8)13/h4-7,9-13H,1-3H2/t4-,5+,6+,7-,8+/m0/s1. The number of aliphatic hydroxyl groups is 4. The zero-order valence-electron chi connectivity index (χ0n) is 7.22. The highest BCUT2D eigenvalue weighted by atomic mass is 16.3. The van der Waals surface area contributed by atoms with Crippen molar-refractivity contribution in [2.75, 3.05) is 6.61 Å². The minimum atomic E-state index is -0.986. The lowest BCUT2D eigenvalue weighted by atomic mass is 9.88. The number of nitrogens with one attached hydrogen (secondary N) is 1. The lowest BCUT2D eigenvalue weighted by Crippen LogP contribution is -2.57. The maximum atomic E-state index is 9.65. The van der Waals surface area contributed by atoms with Crippen molar-refractivity contribution < 1.29 is 20.4 Å². The second-order valence-corrected chi connectivity index (χ2v) is 4.09. The minimum absolute atomic E-state index is 0.265. The van der Waals surface area contributed by atoms with Crippen LogP contribution < -0.4 is 5.32 Å². The van der Waals surface area contributed by atoms with Crippen molar-refractivity contribution in [1.29, 1.82) is 0 Å². The van der Waals surface area contributed by atoms with Crippen LogP contribution in [-0.2, 0) is 0 Å². The summed E-state index contributed by atoms with van der Waals surface area (Å²) in [4.78, 5) is 0. The van der Waals surface area contributed by atoms with Crippen LogP contribution in [0.5, 0.6) is 0 Å². The molecule has 0 aromatic heterocycles. The molecular formula is C8H15NO4. The molecule has 2 saturated heterocycles. The molecule has 5 N–H and O–H groups in total. The summed E-state index contributed by atoms with van der Waals surface area (Å²) >= 11 is 0. The second kappa shape index (κ2) is 2.90. The van der Waals surface area contributed by atoms with Crippen molar-refractivity contribution in [3.05, 3.63) is 0 Å². The van der Waals surface area contributed by atoms with E-state index < -0.39 is 23.9 Å². The Bertz CT molecular complexity index is 208. The highest BCUT2D eigenvalue weighted by molar-refractivity contribution is 5.13. The van der Waals surface area contributed by atoms with Crippen molar-refractivity contribution in [2.24, 2.45) is 0 Å². The number of hydrogen-bond donors (Lipinski definition) is 5. The number of aliphatic hydroxyl groups excluding tert-OH is 4. The average molecular weight is 189 g/mol. The van der Waals surface area contributed by atoms with Crippen LogP contribution >= 0.6 is 0 Å². The fraction of sp³-hybridized carbons (Fsp3) is 1.00. The molecule has 5 atom stereocenters. The van der Waals surface area contributed by atoms with Crippen LogP contribution in [0.1, 0.15) is 12.8 Å². The van der Waals surface area contributed by atoms with Crippen LogP contribution in [0.4, 0.5) is 0 Å². The lowest BCUT2D eigenvalue weighted by molar-refractivity contribution is -0.0211. The monoisotopic (exact) mass is 189 g/mol. The summed E-state index contributed by atoms with van der Waals surface area (Å²) in [5.74, 6) is 0. The molecule has 0 unspecified atom stereocenters. The molecule has 2 bridgehead atoms. The molecule has 0 aromatic carbocycles. The van der Waals surface area contributed by atoms with E-state index in [1.807, 2.05) is 0 Å². The van der Waals surface area contributed by atoms with Gasteiger partial charge in [-0.05, 0) is 12.8 Å². The van der Waals surface area contributed by atoms with Gasteiger partial charge in [0.15, 0.2) is 0 Å². The molecule has 13 heavy (non-hydrogen) atoms. The first-order valence-electron chi connectivity index (χ1n) is 4.52. The fourth-order valence-corrected chi connectivity index (χ4v) is 2.47. The maximum absolute atomic E-state index is 9.65. The molecule has 2 rings (SSSR count). The third-order valence-corrected chi connectivity index (χ3v) is 3.18. The summed E-state index contributed by atoms with van der Waals surface area (Å²) in [6.45, 7) is -0.265. The van der Waals surface area contributed by atoms with E-state index in [9.17, 15) is 15.3 Å². The zero-order chi connectivity index (χ0) is 9.64. The van der Waals surface area contributed by atoms with Crippen molar-refractivity contribution in [2.45, 2.75) is 42.7 Å². The first-order valence-corrected chi connectivity index (χ1v) is 4.52. The Kier molecular flexibility index (Phi) is 2.08. The largest absolute Gasteiger partial charge is 0.394 e. The van der Waals surface area contributed by atoms with Gasteiger partial charge in [-0.2, -0.15) is 0 Å². The highest BCUT2D eigenvalue weighted by Crippen LogP contribution is 2.35. The summed E-state index contributed by atoms with van der Waals surface area (Å²) in [5, 5.41) is 40.8. The van der Waals surface area contributed by atoms with Crippen LogP contribution in [0.3, 0.4) is 0 Å². The summed E-state index contributed by atoms with van der Waals surface area (Å²) < 4.78 is 0. The van der Waals surface area contributed by atoms with E-state index in [-0.39, 0.29) is 19.1 Å². The van der Waals surface area contributed by atoms with E-state index in [1.165, 1.54) is 0 Å². The number of fused-ring (bicyclic) bond motifs is 2. The SMILES string of the molecule is OC[C@@]12C[C@@H](O)C[C@@H](N1)[C@@H](O)[C@@H]2O. The third kappa shape index (κ3) is 1.19. The average Bonchev–Trinajstić information content (AvgIpc) is 2.29. The number of hydrogen-bond acceptors (Lipinski definition) is 5. The van der Waals surface area contributed by atoms with E-state index in [2.05, 4.69) is 5.32 Å². The molecule has 0 amide bonds. The van der Waals surface area contributed by atoms with Crippen molar-refractivity contribution in [1.82, 2.24) is 5.32 Å². The van der Waals surface area contributed by atoms with E-state index in [4.69, 9.17) is 5.11 Å². The smallest absolute Gasteiger partial charge is 0.102 e. The molecule has 2 aliphatic heterocycles. The summed E-state index contributed by atoms with van der Waals surface area (Å²) in [5.41, 5.74) is -0.901. The summed E-state index contributed by atoms with van der Waals surface area (Å²) in [6, 6.07) is -0.300. The molecule has 5 nitrogen and oxygen atoms in total. The van der Waals surface area contributed by atoms with Crippen molar-refractivity contribution >= 4 is 0 Å². The zero-order valence-corrected chi connectivity index (χ0v) is 7.22. The maximum Gasteiger partial charge on any atom is 0.102 e. The van der Waals surface area contributed by atoms with Gasteiger partial charge < -0.3 is 25.7 Å². The number of rotatable bonds is 1. The van der Waals surface area contributed by atoms with Gasteiger partial charge in [-0.15, -0.1) is 0 Å². The van der Waals surface area contributed by atoms with Gasteiger partial charge in [0.1, 0.15) is 6.10 Å². The predicted molar refractivity (Wildman–Crippen MR) is 44.0 cm³/mol. The highest BCUT2D eigenvalue weighted by Gasteiger charge is 2.56. The van der Waals surface area contributed by atoms with Gasteiger partial charge in [0.25, 0.3) is 0 Å². The minimum Gasteiger partial charge on any atom is -0.394 e. The summed E-state index contributed by atoms with van der Waals surface area (Å²) in [7, 11) is 0. The Morgan fingerprint density at radius 3 is 2.62 bits per heavy atom. The molecule has 5 heteroatoms. The van der Waals surface area contributed by atoms with Crippen LogP contribution in [0, 0.1) is 0 Å². The first-order chi connectivity index (χ1) is 6.09. The predicted octanol–water partition coefficient (Wildman–Crippen LogP) is -2.43. The Morgan fingerprint density at radius 2 is 2.00 bits per heavy atom. The Balaban J connectivity index is 2.26. The molecule has 2 aliphatic rings. The van der Waals surface area contributed by atoms with Crippen LogP contribution in [-0.4, -0.2) is 56.9 Å².